The van der Waals surface area contributed by atoms with E-state index in [1.54, 1.807) is 11.1 Å². The molecule has 3 heteroatoms. The van der Waals surface area contributed by atoms with Gasteiger partial charge in [0.25, 0.3) is 0 Å². The van der Waals surface area contributed by atoms with Crippen LogP contribution in [-0.4, -0.2) is 23.9 Å². The summed E-state index contributed by atoms with van der Waals surface area (Å²) >= 11 is 4.84. The van der Waals surface area contributed by atoms with E-state index < -0.39 is 0 Å². The maximum atomic E-state index is 6.52. The largest absolute Gasteiger partial charge is 0.326 e. The van der Waals surface area contributed by atoms with Crippen molar-refractivity contribution >= 4 is 12.6 Å². The van der Waals surface area contributed by atoms with Gasteiger partial charge in [0, 0.05) is 17.3 Å². The van der Waals surface area contributed by atoms with Crippen LogP contribution in [0.2, 0.25) is 0 Å². The first-order valence-corrected chi connectivity index (χ1v) is 8.90. The van der Waals surface area contributed by atoms with E-state index in [1.807, 2.05) is 0 Å². The van der Waals surface area contributed by atoms with Crippen molar-refractivity contribution in [3.05, 3.63) is 22.8 Å². The van der Waals surface area contributed by atoms with Crippen molar-refractivity contribution in [3.8, 4) is 0 Å². The van der Waals surface area contributed by atoms with Crippen LogP contribution < -0.4 is 11.1 Å². The molecule has 0 amide bonds. The van der Waals surface area contributed by atoms with Crippen molar-refractivity contribution in [2.75, 3.05) is 13.1 Å². The lowest BCUT2D eigenvalue weighted by atomic mass is 9.60. The highest BCUT2D eigenvalue weighted by molar-refractivity contribution is 7.82. The molecule has 1 fully saturated rings. The molecule has 21 heavy (non-hydrogen) atoms. The van der Waals surface area contributed by atoms with Crippen LogP contribution in [-0.2, 0) is 0 Å². The minimum Gasteiger partial charge on any atom is -0.326 e. The zero-order valence-electron chi connectivity index (χ0n) is 13.7. The van der Waals surface area contributed by atoms with E-state index in [0.29, 0.717) is 17.4 Å². The minimum atomic E-state index is -0.0263. The fraction of sp³-hybridized carbons (Fsp3) is 0.778. The molecule has 3 N–H and O–H groups in total. The smallest absolute Gasteiger partial charge is 0.0321 e. The van der Waals surface area contributed by atoms with Gasteiger partial charge in [0.15, 0.2) is 0 Å². The maximum Gasteiger partial charge on any atom is 0.0321 e. The third-order valence-electron chi connectivity index (χ3n) is 6.01. The Bertz CT molecular complexity index is 486. The summed E-state index contributed by atoms with van der Waals surface area (Å²) in [6.45, 7) is 8.95. The lowest BCUT2D eigenvalue weighted by Crippen LogP contribution is -2.55. The van der Waals surface area contributed by atoms with Crippen molar-refractivity contribution in [1.82, 2.24) is 5.32 Å². The Labute approximate surface area is 135 Å². The van der Waals surface area contributed by atoms with Crippen LogP contribution in [0, 0.1) is 11.3 Å². The van der Waals surface area contributed by atoms with E-state index in [1.165, 1.54) is 37.7 Å². The average molecular weight is 307 g/mol. The molecule has 0 aromatic rings. The summed E-state index contributed by atoms with van der Waals surface area (Å²) in [4.78, 5) is 0. The van der Waals surface area contributed by atoms with E-state index in [2.05, 4.69) is 32.2 Å². The molecular weight excluding hydrogens is 276 g/mol. The first-order chi connectivity index (χ1) is 9.83. The number of hydrogen-bond acceptors (Lipinski definition) is 3. The molecule has 3 aliphatic rings. The highest BCUT2D eigenvalue weighted by Crippen LogP contribution is 2.52. The second-order valence-electron chi connectivity index (χ2n) is 7.92. The van der Waals surface area contributed by atoms with Crippen LogP contribution >= 0.6 is 12.6 Å². The van der Waals surface area contributed by atoms with Crippen LogP contribution in [0.3, 0.4) is 0 Å². The molecule has 1 heterocycles. The van der Waals surface area contributed by atoms with Gasteiger partial charge < -0.3 is 11.1 Å². The van der Waals surface area contributed by atoms with Crippen molar-refractivity contribution in [2.24, 2.45) is 17.1 Å². The molecule has 1 saturated heterocycles. The quantitative estimate of drug-likeness (QED) is 0.649. The van der Waals surface area contributed by atoms with Gasteiger partial charge >= 0.3 is 0 Å². The first-order valence-electron chi connectivity index (χ1n) is 8.45. The predicted octanol–water partition coefficient (Wildman–Crippen LogP) is 3.45. The van der Waals surface area contributed by atoms with Crippen LogP contribution in [0.15, 0.2) is 22.8 Å². The molecule has 2 unspecified atom stereocenters. The number of nitrogens with one attached hydrogen (secondary N) is 1. The highest BCUT2D eigenvalue weighted by Gasteiger charge is 2.44. The van der Waals surface area contributed by atoms with E-state index in [-0.39, 0.29) is 4.75 Å². The van der Waals surface area contributed by atoms with Gasteiger partial charge in [-0.2, -0.15) is 12.6 Å². The standard InChI is InChI=1S/C18H30N2S/c1-12-4-5-15(17(2,3)21)13-6-7-18(10-14(12)13)8-9-20-11-16(18)19/h5,12,16,20-21H,4,6-11,19H2,1-3H3/t12?,16-,18?/m0/s1. The fourth-order valence-electron chi connectivity index (χ4n) is 4.59. The lowest BCUT2D eigenvalue weighted by molar-refractivity contribution is 0.135. The van der Waals surface area contributed by atoms with Crippen molar-refractivity contribution in [2.45, 2.75) is 63.7 Å². The fourth-order valence-corrected chi connectivity index (χ4v) is 4.82. The number of piperidine rings is 1. The number of allylic oxidation sites excluding steroid dienone is 3. The molecule has 0 saturated carbocycles. The van der Waals surface area contributed by atoms with Crippen molar-refractivity contribution in [1.29, 1.82) is 0 Å². The van der Waals surface area contributed by atoms with Crippen LogP contribution in [0.5, 0.6) is 0 Å². The molecule has 2 aliphatic carbocycles. The predicted molar refractivity (Wildman–Crippen MR) is 93.7 cm³/mol. The molecule has 3 rings (SSSR count). The van der Waals surface area contributed by atoms with Gasteiger partial charge in [-0.1, -0.05) is 18.6 Å². The number of thiol groups is 1. The summed E-state index contributed by atoms with van der Waals surface area (Å²) in [6.07, 6.45) is 8.51. The van der Waals surface area contributed by atoms with Crippen LogP contribution in [0.1, 0.15) is 52.9 Å². The second-order valence-corrected chi connectivity index (χ2v) is 9.04. The Balaban J connectivity index is 1.94. The third-order valence-corrected chi connectivity index (χ3v) is 6.25. The van der Waals surface area contributed by atoms with Crippen LogP contribution in [0.4, 0.5) is 0 Å². The van der Waals surface area contributed by atoms with E-state index in [4.69, 9.17) is 18.4 Å². The van der Waals surface area contributed by atoms with Crippen molar-refractivity contribution < 1.29 is 0 Å². The molecule has 0 aromatic heterocycles. The molecule has 0 bridgehead atoms. The van der Waals surface area contributed by atoms with Crippen molar-refractivity contribution in [3.63, 3.8) is 0 Å². The zero-order valence-corrected chi connectivity index (χ0v) is 14.6. The number of hydrogen-bond donors (Lipinski definition) is 3. The molecular formula is C18H30N2S. The minimum absolute atomic E-state index is 0.0263. The summed E-state index contributed by atoms with van der Waals surface area (Å²) < 4.78 is -0.0263. The van der Waals surface area contributed by atoms with E-state index in [9.17, 15) is 0 Å². The van der Waals surface area contributed by atoms with Gasteiger partial charge in [-0.05, 0) is 75.0 Å². The molecule has 2 nitrogen and oxygen atoms in total. The topological polar surface area (TPSA) is 38.0 Å². The van der Waals surface area contributed by atoms with E-state index >= 15 is 0 Å². The zero-order chi connectivity index (χ0) is 15.3. The molecule has 1 aliphatic heterocycles. The number of rotatable bonds is 1. The molecule has 118 valence electrons. The third kappa shape index (κ3) is 2.73. The van der Waals surface area contributed by atoms with Gasteiger partial charge in [-0.15, -0.1) is 0 Å². The monoisotopic (exact) mass is 306 g/mol. The Hall–Kier alpha value is -0.250. The maximum absolute atomic E-state index is 6.52. The molecule has 1 spiro atoms. The summed E-state index contributed by atoms with van der Waals surface area (Å²) in [5.41, 5.74) is 11.7. The molecule has 0 radical (unpaired) electrons. The Morgan fingerprint density at radius 1 is 1.38 bits per heavy atom. The number of nitrogens with two attached hydrogens (primary N) is 1. The van der Waals surface area contributed by atoms with Crippen LogP contribution in [0.25, 0.3) is 0 Å². The Morgan fingerprint density at radius 2 is 2.14 bits per heavy atom. The van der Waals surface area contributed by atoms with E-state index in [0.717, 1.165) is 13.1 Å². The van der Waals surface area contributed by atoms with Gasteiger partial charge in [0.2, 0.25) is 0 Å². The normalized spacial score (nSPS) is 37.5. The summed E-state index contributed by atoms with van der Waals surface area (Å²) in [5, 5.41) is 3.46. The van der Waals surface area contributed by atoms with Gasteiger partial charge in [-0.25, -0.2) is 0 Å². The Morgan fingerprint density at radius 3 is 2.81 bits per heavy atom. The van der Waals surface area contributed by atoms with Gasteiger partial charge in [-0.3, -0.25) is 0 Å². The second kappa shape index (κ2) is 5.43. The molecule has 3 atom stereocenters. The Kier molecular flexibility index (Phi) is 4.05. The summed E-state index contributed by atoms with van der Waals surface area (Å²) in [5.74, 6) is 0.679. The summed E-state index contributed by atoms with van der Waals surface area (Å²) in [7, 11) is 0. The van der Waals surface area contributed by atoms with Gasteiger partial charge in [0.05, 0.1) is 0 Å². The average Bonchev–Trinajstić information content (AvgIpc) is 2.42. The molecule has 0 aromatic carbocycles. The van der Waals surface area contributed by atoms with Gasteiger partial charge in [0.1, 0.15) is 0 Å². The SMILES string of the molecule is CC1CC=C(C(C)(C)S)C2=C1CC1(CCNC[C@@H]1N)CC2. The summed E-state index contributed by atoms with van der Waals surface area (Å²) in [6, 6.07) is 0.311. The highest BCUT2D eigenvalue weighted by atomic mass is 32.1. The first kappa shape index (κ1) is 15.6. The lowest BCUT2D eigenvalue weighted by Gasteiger charge is -2.49.